The Bertz CT molecular complexity index is 1800. The van der Waals surface area contributed by atoms with E-state index >= 15 is 0 Å². The number of carbonyl (C=O) groups is 4. The first kappa shape index (κ1) is 38.7. The van der Waals surface area contributed by atoms with Crippen LogP contribution in [0.25, 0.3) is 0 Å². The average Bonchev–Trinajstić information content (AvgIpc) is 3.54. The van der Waals surface area contributed by atoms with E-state index in [9.17, 15) is 24.3 Å². The van der Waals surface area contributed by atoms with Crippen molar-refractivity contribution in [3.63, 3.8) is 0 Å². The molecule has 0 bridgehead atoms. The smallest absolute Gasteiger partial charge is 0.335 e. The second-order valence-electron chi connectivity index (χ2n) is 19.4. The van der Waals surface area contributed by atoms with Crippen molar-refractivity contribution in [3.05, 3.63) is 70.8 Å². The minimum Gasteiger partial charge on any atom is -0.478 e. The summed E-state index contributed by atoms with van der Waals surface area (Å²) >= 11 is 0. The Morgan fingerprint density at radius 2 is 1.48 bits per heavy atom. The number of carbonyl (C=O) groups excluding carboxylic acids is 3. The predicted molar refractivity (Wildman–Crippen MR) is 209 cm³/mol. The first-order chi connectivity index (χ1) is 25.5. The van der Waals surface area contributed by atoms with Crippen molar-refractivity contribution < 1.29 is 29.4 Å². The molecular weight excluding hydrogens is 677 g/mol. The number of aliphatic hydroxyl groups is 1. The molecule has 10 atom stereocenters. The fourth-order valence-corrected chi connectivity index (χ4v) is 13.8. The lowest BCUT2D eigenvalue weighted by Crippen LogP contribution is -2.67. The minimum absolute atomic E-state index is 0.0412. The highest BCUT2D eigenvalue weighted by Gasteiger charge is 2.72. The zero-order valence-corrected chi connectivity index (χ0v) is 33.3. The summed E-state index contributed by atoms with van der Waals surface area (Å²) in [6, 6.07) is 13.9. The Balaban J connectivity index is 1.04. The fourth-order valence-electron chi connectivity index (χ4n) is 13.8. The lowest BCUT2D eigenvalue weighted by molar-refractivity contribution is -0.246. The summed E-state index contributed by atoms with van der Waals surface area (Å²) in [7, 11) is 0. The summed E-state index contributed by atoms with van der Waals surface area (Å²) in [5.41, 5.74) is 2.22. The quantitative estimate of drug-likeness (QED) is 0.206. The highest BCUT2D eigenvalue weighted by Crippen LogP contribution is 2.77. The van der Waals surface area contributed by atoms with Gasteiger partial charge in [0.1, 0.15) is 5.78 Å². The molecule has 5 unspecified atom stereocenters. The SMILES string of the molecule is CC(=O)C1CC[C@]2(C(=O)NCCc3cccc(C(=O)NCc4ccc(C(=O)O)cc4)c3)CC[C@]3(C)C(CCC4[C@@]5(C)CC[C@H](O)C(C)(C)C5CC[C@]43C)C12. The largest absolute Gasteiger partial charge is 0.478 e. The number of hydrogen-bond acceptors (Lipinski definition) is 5. The van der Waals surface area contributed by atoms with E-state index in [0.29, 0.717) is 36.3 Å². The van der Waals surface area contributed by atoms with Gasteiger partial charge in [0.15, 0.2) is 0 Å². The number of rotatable bonds is 9. The number of aliphatic hydroxyl groups excluding tert-OH is 1. The molecule has 2 aromatic rings. The van der Waals surface area contributed by atoms with Crippen molar-refractivity contribution in [1.29, 1.82) is 0 Å². The highest BCUT2D eigenvalue weighted by atomic mass is 16.4. The maximum atomic E-state index is 14.6. The number of benzene rings is 2. The summed E-state index contributed by atoms with van der Waals surface area (Å²) in [5.74, 6) is 0.489. The van der Waals surface area contributed by atoms with Crippen LogP contribution < -0.4 is 10.6 Å². The van der Waals surface area contributed by atoms with Gasteiger partial charge in [-0.05, 0) is 158 Å². The van der Waals surface area contributed by atoms with E-state index < -0.39 is 11.4 Å². The number of amides is 2. The van der Waals surface area contributed by atoms with Crippen molar-refractivity contribution in [2.24, 2.45) is 56.7 Å². The molecule has 8 nitrogen and oxygen atoms in total. The Kier molecular flexibility index (Phi) is 9.97. The maximum Gasteiger partial charge on any atom is 0.335 e. The van der Waals surface area contributed by atoms with Gasteiger partial charge < -0.3 is 20.8 Å². The summed E-state index contributed by atoms with van der Waals surface area (Å²) in [6.07, 6.45) is 10.1. The minimum atomic E-state index is -0.988. The van der Waals surface area contributed by atoms with E-state index in [-0.39, 0.29) is 69.3 Å². The second-order valence-corrected chi connectivity index (χ2v) is 19.4. The molecule has 8 heteroatoms. The van der Waals surface area contributed by atoms with Crippen LogP contribution in [0.5, 0.6) is 0 Å². The lowest BCUT2D eigenvalue weighted by atomic mass is 9.32. The number of carboxylic acids is 1. The highest BCUT2D eigenvalue weighted by molar-refractivity contribution is 5.94. The van der Waals surface area contributed by atoms with Gasteiger partial charge in [0, 0.05) is 24.6 Å². The zero-order chi connectivity index (χ0) is 38.8. The standard InChI is InChI=1S/C46H62N2O6/c1-28(49)33-16-22-46(41(54)47-25-19-29-8-7-9-32(26-29)39(51)48-27-30-10-12-31(13-11-30)40(52)53)24-23-44(5)34(38(33)46)14-15-36-43(4)20-18-37(50)42(2,3)35(43)17-21-45(36,44)6/h7-13,26,33-38,50H,14-25,27H2,1-6H3,(H,47,54)(H,48,51)(H,52,53)/t33?,34?,35?,36?,37-,38?,43-,44+,45+,46-/m0/s1. The summed E-state index contributed by atoms with van der Waals surface area (Å²) in [5, 5.41) is 26.5. The van der Waals surface area contributed by atoms with Crippen LogP contribution in [-0.4, -0.2) is 46.4 Å². The van der Waals surface area contributed by atoms with E-state index in [4.69, 9.17) is 5.11 Å². The second kappa shape index (κ2) is 13.9. The molecule has 292 valence electrons. The number of aromatic carboxylic acids is 1. The van der Waals surface area contributed by atoms with Gasteiger partial charge in [0.25, 0.3) is 5.91 Å². The number of hydrogen-bond donors (Lipinski definition) is 4. The molecule has 5 saturated carbocycles. The van der Waals surface area contributed by atoms with E-state index in [1.807, 2.05) is 18.2 Å². The van der Waals surface area contributed by atoms with E-state index in [2.05, 4.69) is 45.3 Å². The van der Waals surface area contributed by atoms with Crippen molar-refractivity contribution in [2.45, 2.75) is 125 Å². The van der Waals surface area contributed by atoms with Gasteiger partial charge in [-0.2, -0.15) is 0 Å². The molecule has 2 amide bonds. The molecule has 0 aromatic heterocycles. The third-order valence-corrected chi connectivity index (χ3v) is 16.9. The molecule has 2 aromatic carbocycles. The monoisotopic (exact) mass is 738 g/mol. The number of fused-ring (bicyclic) bond motifs is 7. The average molecular weight is 739 g/mol. The van der Waals surface area contributed by atoms with Crippen LogP contribution in [0.2, 0.25) is 0 Å². The van der Waals surface area contributed by atoms with Crippen molar-refractivity contribution >= 4 is 23.6 Å². The van der Waals surface area contributed by atoms with Gasteiger partial charge in [0.2, 0.25) is 5.91 Å². The van der Waals surface area contributed by atoms with Crippen LogP contribution in [0, 0.1) is 56.7 Å². The molecule has 5 aliphatic carbocycles. The fraction of sp³-hybridized carbons (Fsp3) is 0.652. The van der Waals surface area contributed by atoms with Crippen LogP contribution in [0.3, 0.4) is 0 Å². The molecule has 0 radical (unpaired) electrons. The molecule has 0 aliphatic heterocycles. The molecule has 4 N–H and O–H groups in total. The maximum absolute atomic E-state index is 14.6. The van der Waals surface area contributed by atoms with E-state index in [1.54, 1.807) is 25.1 Å². The van der Waals surface area contributed by atoms with Crippen molar-refractivity contribution in [1.82, 2.24) is 10.6 Å². The van der Waals surface area contributed by atoms with Crippen LogP contribution >= 0.6 is 0 Å². The van der Waals surface area contributed by atoms with Gasteiger partial charge in [-0.15, -0.1) is 0 Å². The first-order valence-corrected chi connectivity index (χ1v) is 20.6. The van der Waals surface area contributed by atoms with Crippen molar-refractivity contribution in [2.75, 3.05) is 6.54 Å². The van der Waals surface area contributed by atoms with Crippen LogP contribution in [0.4, 0.5) is 0 Å². The topological polar surface area (TPSA) is 133 Å². The number of carboxylic acid groups (broad SMARTS) is 1. The summed E-state index contributed by atoms with van der Waals surface area (Å²) < 4.78 is 0. The first-order valence-electron chi connectivity index (χ1n) is 20.6. The third-order valence-electron chi connectivity index (χ3n) is 16.9. The van der Waals surface area contributed by atoms with Gasteiger partial charge in [-0.3, -0.25) is 14.4 Å². The van der Waals surface area contributed by atoms with Crippen molar-refractivity contribution in [3.8, 4) is 0 Å². The normalized spacial score (nSPS) is 37.8. The third kappa shape index (κ3) is 6.04. The molecule has 0 heterocycles. The van der Waals surface area contributed by atoms with Crippen LogP contribution in [-0.2, 0) is 22.6 Å². The van der Waals surface area contributed by atoms with E-state index in [0.717, 1.165) is 75.3 Å². The number of nitrogens with one attached hydrogen (secondary N) is 2. The van der Waals surface area contributed by atoms with Gasteiger partial charge in [-0.1, -0.05) is 58.9 Å². The molecule has 7 rings (SSSR count). The van der Waals surface area contributed by atoms with Crippen LogP contribution in [0.1, 0.15) is 138 Å². The number of Topliss-reactive ketones (excluding diaryl/α,β-unsaturated/α-hetero) is 1. The Labute approximate surface area is 321 Å². The summed E-state index contributed by atoms with van der Waals surface area (Å²) in [4.78, 5) is 52.1. The van der Waals surface area contributed by atoms with Crippen LogP contribution in [0.15, 0.2) is 48.5 Å². The zero-order valence-electron chi connectivity index (χ0n) is 33.3. The van der Waals surface area contributed by atoms with Gasteiger partial charge >= 0.3 is 5.97 Å². The summed E-state index contributed by atoms with van der Waals surface area (Å²) in [6.45, 7) is 14.7. The molecule has 54 heavy (non-hydrogen) atoms. The molecule has 0 spiro atoms. The molecular formula is C46H62N2O6. The van der Waals surface area contributed by atoms with Gasteiger partial charge in [-0.25, -0.2) is 4.79 Å². The Morgan fingerprint density at radius 3 is 2.19 bits per heavy atom. The Morgan fingerprint density at radius 1 is 0.741 bits per heavy atom. The number of ketones is 1. The van der Waals surface area contributed by atoms with E-state index in [1.165, 1.54) is 12.1 Å². The van der Waals surface area contributed by atoms with Gasteiger partial charge in [0.05, 0.1) is 17.1 Å². The molecule has 5 aliphatic rings. The predicted octanol–water partition coefficient (Wildman–Crippen LogP) is 8.00. The molecule has 5 fully saturated rings. The molecule has 0 saturated heterocycles. The Hall–Kier alpha value is -3.52. The lowest BCUT2D eigenvalue weighted by Gasteiger charge is -2.72.